The fourth-order valence-electron chi connectivity index (χ4n) is 1.53. The molecule has 12 heteroatoms. The van der Waals surface area contributed by atoms with Gasteiger partial charge in [0.05, 0.1) is 6.54 Å². The zero-order valence-electron chi connectivity index (χ0n) is 10.7. The van der Waals surface area contributed by atoms with Crippen LogP contribution < -0.4 is 4.72 Å². The van der Waals surface area contributed by atoms with Crippen molar-refractivity contribution in [1.29, 1.82) is 0 Å². The highest BCUT2D eigenvalue weighted by Crippen LogP contribution is 2.27. The second-order valence-electron chi connectivity index (χ2n) is 3.99. The van der Waals surface area contributed by atoms with E-state index in [1.807, 2.05) is 4.72 Å². The van der Waals surface area contributed by atoms with E-state index in [4.69, 9.17) is 4.52 Å². The monoisotopic (exact) mass is 326 g/mol. The lowest BCUT2D eigenvalue weighted by Crippen LogP contribution is -2.24. The number of aromatic nitrogens is 3. The molecule has 8 nitrogen and oxygen atoms in total. The van der Waals surface area contributed by atoms with E-state index in [1.165, 1.54) is 13.8 Å². The molecule has 0 aromatic carbocycles. The zero-order chi connectivity index (χ0) is 15.8. The predicted molar refractivity (Wildman–Crippen MR) is 59.3 cm³/mol. The van der Waals surface area contributed by atoms with Crippen LogP contribution in [0, 0.1) is 13.8 Å². The van der Waals surface area contributed by atoms with Crippen LogP contribution in [0.2, 0.25) is 0 Å². The Balaban J connectivity index is 2.15. The van der Waals surface area contributed by atoms with Gasteiger partial charge in [-0.1, -0.05) is 10.3 Å². The van der Waals surface area contributed by atoms with Gasteiger partial charge in [-0.2, -0.15) is 18.2 Å². The lowest BCUT2D eigenvalue weighted by molar-refractivity contribution is -0.159. The number of hydrogen-bond acceptors (Lipinski definition) is 7. The van der Waals surface area contributed by atoms with Crippen molar-refractivity contribution >= 4 is 10.0 Å². The summed E-state index contributed by atoms with van der Waals surface area (Å²) in [6.07, 6.45) is -4.79. The summed E-state index contributed by atoms with van der Waals surface area (Å²) < 4.78 is 71.5. The second kappa shape index (κ2) is 5.11. The maximum absolute atomic E-state index is 12.2. The van der Waals surface area contributed by atoms with Crippen LogP contribution in [0.25, 0.3) is 0 Å². The summed E-state index contributed by atoms with van der Waals surface area (Å²) in [5, 5.41) is 6.52. The lowest BCUT2D eigenvalue weighted by Gasteiger charge is -2.03. The Labute approximate surface area is 116 Å². The molecular formula is C9H9F3N4O4S. The van der Waals surface area contributed by atoms with E-state index in [0.717, 1.165) is 0 Å². The molecule has 2 rings (SSSR count). The van der Waals surface area contributed by atoms with Gasteiger partial charge in [-0.3, -0.25) is 0 Å². The molecule has 0 aliphatic heterocycles. The van der Waals surface area contributed by atoms with Crippen LogP contribution in [0.1, 0.15) is 23.2 Å². The molecule has 0 saturated carbocycles. The van der Waals surface area contributed by atoms with Crippen molar-refractivity contribution in [3.8, 4) is 0 Å². The first-order chi connectivity index (χ1) is 9.61. The van der Waals surface area contributed by atoms with Gasteiger partial charge in [0.15, 0.2) is 11.6 Å². The summed E-state index contributed by atoms with van der Waals surface area (Å²) in [5.41, 5.74) is 0.129. The fourth-order valence-corrected chi connectivity index (χ4v) is 2.84. The third-order valence-electron chi connectivity index (χ3n) is 2.37. The molecule has 2 aromatic heterocycles. The Kier molecular flexibility index (Phi) is 3.76. The van der Waals surface area contributed by atoms with E-state index >= 15 is 0 Å². The predicted octanol–water partition coefficient (Wildman–Crippen LogP) is 1.17. The van der Waals surface area contributed by atoms with Gasteiger partial charge in [0.2, 0.25) is 10.0 Å². The van der Waals surface area contributed by atoms with Gasteiger partial charge in [0.25, 0.3) is 0 Å². The average molecular weight is 326 g/mol. The van der Waals surface area contributed by atoms with E-state index in [-0.39, 0.29) is 16.3 Å². The topological polar surface area (TPSA) is 111 Å². The minimum atomic E-state index is -4.79. The number of aryl methyl sites for hydroxylation is 2. The maximum atomic E-state index is 12.2. The van der Waals surface area contributed by atoms with Crippen LogP contribution in [0.3, 0.4) is 0 Å². The minimum absolute atomic E-state index is 0.0593. The molecule has 0 amide bonds. The van der Waals surface area contributed by atoms with Crippen molar-refractivity contribution in [2.24, 2.45) is 0 Å². The number of nitrogens with one attached hydrogen (secondary N) is 1. The molecule has 0 unspecified atom stereocenters. The van der Waals surface area contributed by atoms with Crippen molar-refractivity contribution in [2.75, 3.05) is 0 Å². The Hall–Kier alpha value is -1.95. The Bertz CT molecular complexity index is 730. The second-order valence-corrected chi connectivity index (χ2v) is 5.70. The quantitative estimate of drug-likeness (QED) is 0.897. The molecule has 21 heavy (non-hydrogen) atoms. The van der Waals surface area contributed by atoms with Gasteiger partial charge in [0.1, 0.15) is 10.6 Å². The lowest BCUT2D eigenvalue weighted by atomic mass is 10.4. The largest absolute Gasteiger partial charge is 0.471 e. The van der Waals surface area contributed by atoms with Gasteiger partial charge in [-0.05, 0) is 13.8 Å². The van der Waals surface area contributed by atoms with Crippen LogP contribution in [0.15, 0.2) is 13.9 Å². The molecule has 0 saturated heterocycles. The molecule has 0 atom stereocenters. The van der Waals surface area contributed by atoms with E-state index in [0.29, 0.717) is 0 Å². The molecular weight excluding hydrogens is 317 g/mol. The molecule has 0 bridgehead atoms. The summed E-state index contributed by atoms with van der Waals surface area (Å²) in [6.45, 7) is 2.25. The highest BCUT2D eigenvalue weighted by atomic mass is 32.2. The first kappa shape index (κ1) is 15.4. The molecule has 2 heterocycles. The molecule has 2 aromatic rings. The summed E-state index contributed by atoms with van der Waals surface area (Å²) in [5.74, 6) is -1.93. The highest BCUT2D eigenvalue weighted by Gasteiger charge is 2.38. The van der Waals surface area contributed by atoms with Gasteiger partial charge >= 0.3 is 12.1 Å². The average Bonchev–Trinajstić information content (AvgIpc) is 2.93. The van der Waals surface area contributed by atoms with Gasteiger partial charge in [-0.15, -0.1) is 0 Å². The number of nitrogens with zero attached hydrogens (tertiary/aromatic N) is 3. The number of alkyl halides is 3. The Morgan fingerprint density at radius 1 is 1.19 bits per heavy atom. The SMILES string of the molecule is Cc1noc(C)c1S(=O)(=O)NCc1noc(C(F)(F)F)n1. The van der Waals surface area contributed by atoms with E-state index in [1.54, 1.807) is 0 Å². The first-order valence-corrected chi connectivity index (χ1v) is 6.92. The zero-order valence-corrected chi connectivity index (χ0v) is 11.5. The van der Waals surface area contributed by atoms with Gasteiger partial charge < -0.3 is 9.05 Å². The van der Waals surface area contributed by atoms with Crippen molar-refractivity contribution in [1.82, 2.24) is 20.0 Å². The molecule has 0 aliphatic rings. The molecule has 0 spiro atoms. The summed E-state index contributed by atoms with van der Waals surface area (Å²) >= 11 is 0. The third kappa shape index (κ3) is 3.21. The van der Waals surface area contributed by atoms with Crippen molar-refractivity contribution in [2.45, 2.75) is 31.5 Å². The first-order valence-electron chi connectivity index (χ1n) is 5.43. The fraction of sp³-hybridized carbons (Fsp3) is 0.444. The van der Waals surface area contributed by atoms with E-state index < -0.39 is 34.5 Å². The van der Waals surface area contributed by atoms with Crippen LogP contribution in [0.5, 0.6) is 0 Å². The van der Waals surface area contributed by atoms with Crippen molar-refractivity contribution in [3.05, 3.63) is 23.2 Å². The minimum Gasteiger partial charge on any atom is -0.360 e. The Morgan fingerprint density at radius 2 is 1.86 bits per heavy atom. The molecule has 0 aliphatic carbocycles. The third-order valence-corrected chi connectivity index (χ3v) is 4.01. The van der Waals surface area contributed by atoms with Crippen molar-refractivity contribution in [3.63, 3.8) is 0 Å². The maximum Gasteiger partial charge on any atom is 0.471 e. The van der Waals surface area contributed by atoms with Gasteiger partial charge in [-0.25, -0.2) is 13.1 Å². The smallest absolute Gasteiger partial charge is 0.360 e. The normalized spacial score (nSPS) is 12.8. The van der Waals surface area contributed by atoms with Crippen LogP contribution in [-0.2, 0) is 22.7 Å². The number of rotatable bonds is 4. The molecule has 116 valence electrons. The molecule has 0 fully saturated rings. The number of hydrogen-bond donors (Lipinski definition) is 1. The standard InChI is InChI=1S/C9H9F3N4O4S/c1-4-7(5(2)19-15-4)21(17,18)13-3-6-14-8(20-16-6)9(10,11)12/h13H,3H2,1-2H3. The molecule has 0 radical (unpaired) electrons. The van der Waals surface area contributed by atoms with Crippen LogP contribution in [0.4, 0.5) is 13.2 Å². The van der Waals surface area contributed by atoms with Crippen LogP contribution in [-0.4, -0.2) is 23.7 Å². The Morgan fingerprint density at radius 3 is 2.33 bits per heavy atom. The van der Waals surface area contributed by atoms with E-state index in [2.05, 4.69) is 19.8 Å². The van der Waals surface area contributed by atoms with Gasteiger partial charge in [0, 0.05) is 0 Å². The number of halogens is 3. The summed E-state index contributed by atoms with van der Waals surface area (Å²) in [4.78, 5) is 2.86. The van der Waals surface area contributed by atoms with E-state index in [9.17, 15) is 21.6 Å². The summed E-state index contributed by atoms with van der Waals surface area (Å²) in [6, 6.07) is 0. The molecule has 1 N–H and O–H groups in total. The summed E-state index contributed by atoms with van der Waals surface area (Å²) in [7, 11) is -4.01. The number of sulfonamides is 1. The van der Waals surface area contributed by atoms with Crippen molar-refractivity contribution < 1.29 is 30.6 Å². The van der Waals surface area contributed by atoms with Crippen LogP contribution >= 0.6 is 0 Å². The highest BCUT2D eigenvalue weighted by molar-refractivity contribution is 7.89.